The third-order valence-corrected chi connectivity index (χ3v) is 3.24. The molecular weight excluding hydrogens is 280 g/mol. The summed E-state index contributed by atoms with van der Waals surface area (Å²) in [5.74, 6) is -0.512. The first-order valence-electron chi connectivity index (χ1n) is 5.51. The van der Waals surface area contributed by atoms with E-state index in [0.29, 0.717) is 17.1 Å². The van der Waals surface area contributed by atoms with Crippen molar-refractivity contribution in [1.82, 2.24) is 5.32 Å². The minimum Gasteiger partial charge on any atom is -0.389 e. The zero-order chi connectivity index (χ0) is 13.7. The lowest BCUT2D eigenvalue weighted by molar-refractivity contribution is 0.0630. The molecule has 0 spiro atoms. The van der Waals surface area contributed by atoms with Crippen LogP contribution >= 0.6 is 23.2 Å². The molecule has 0 saturated heterocycles. The number of ether oxygens (including phenoxy) is 1. The molecule has 0 radical (unpaired) electrons. The summed E-state index contributed by atoms with van der Waals surface area (Å²) < 4.78 is 18.2. The van der Waals surface area contributed by atoms with Gasteiger partial charge in [-0.05, 0) is 19.1 Å². The number of hydrogen-bond acceptors (Lipinski definition) is 3. The van der Waals surface area contributed by atoms with Crippen LogP contribution < -0.4 is 5.32 Å². The summed E-state index contributed by atoms with van der Waals surface area (Å²) in [7, 11) is 1.51. The predicted molar refractivity (Wildman–Crippen MR) is 70.7 cm³/mol. The van der Waals surface area contributed by atoms with E-state index in [2.05, 4.69) is 5.32 Å². The first-order chi connectivity index (χ1) is 8.47. The molecule has 0 saturated carbocycles. The van der Waals surface area contributed by atoms with Crippen LogP contribution in [0.1, 0.15) is 18.5 Å². The molecular formula is C12H16Cl2FNO2. The Morgan fingerprint density at radius 1 is 1.44 bits per heavy atom. The highest BCUT2D eigenvalue weighted by molar-refractivity contribution is 6.36. The average molecular weight is 296 g/mol. The van der Waals surface area contributed by atoms with Crippen LogP contribution in [0.3, 0.4) is 0 Å². The molecule has 3 nitrogen and oxygen atoms in total. The highest BCUT2D eigenvalue weighted by Gasteiger charge is 2.17. The zero-order valence-corrected chi connectivity index (χ0v) is 11.7. The Kier molecular flexibility index (Phi) is 6.32. The molecule has 0 aliphatic rings. The molecule has 0 aliphatic heterocycles. The Balaban J connectivity index is 2.72. The van der Waals surface area contributed by atoms with Crippen molar-refractivity contribution < 1.29 is 14.2 Å². The summed E-state index contributed by atoms with van der Waals surface area (Å²) in [5, 5.41) is 12.9. The molecule has 0 fully saturated rings. The van der Waals surface area contributed by atoms with E-state index < -0.39 is 11.9 Å². The topological polar surface area (TPSA) is 41.5 Å². The number of aliphatic hydroxyl groups excluding tert-OH is 1. The lowest BCUT2D eigenvalue weighted by atomic mass is 10.1. The van der Waals surface area contributed by atoms with Gasteiger partial charge in [-0.15, -0.1) is 0 Å². The van der Waals surface area contributed by atoms with Gasteiger partial charge in [0, 0.05) is 30.3 Å². The molecule has 0 amide bonds. The lowest BCUT2D eigenvalue weighted by Gasteiger charge is -2.19. The predicted octanol–water partition coefficient (Wildman–Crippen LogP) is 2.79. The van der Waals surface area contributed by atoms with Gasteiger partial charge in [0.05, 0.1) is 17.7 Å². The van der Waals surface area contributed by atoms with Gasteiger partial charge in [-0.1, -0.05) is 23.2 Å². The highest BCUT2D eigenvalue weighted by atomic mass is 35.5. The summed E-state index contributed by atoms with van der Waals surface area (Å²) in [6, 6.07) is 2.41. The van der Waals surface area contributed by atoms with Gasteiger partial charge in [0.2, 0.25) is 0 Å². The summed E-state index contributed by atoms with van der Waals surface area (Å²) in [6.07, 6.45) is -0.636. The second-order valence-electron chi connectivity index (χ2n) is 4.00. The lowest BCUT2D eigenvalue weighted by Crippen LogP contribution is -2.32. The molecule has 2 N–H and O–H groups in total. The van der Waals surface area contributed by atoms with Crippen LogP contribution in [0, 0.1) is 5.82 Å². The van der Waals surface area contributed by atoms with E-state index in [-0.39, 0.29) is 17.7 Å². The number of nitrogens with one attached hydrogen (secondary N) is 1. The van der Waals surface area contributed by atoms with Crippen LogP contribution in [0.2, 0.25) is 10.0 Å². The van der Waals surface area contributed by atoms with Crippen LogP contribution in [-0.2, 0) is 4.74 Å². The quantitative estimate of drug-likeness (QED) is 0.793. The van der Waals surface area contributed by atoms with Gasteiger partial charge in [0.25, 0.3) is 0 Å². The molecule has 102 valence electrons. The summed E-state index contributed by atoms with van der Waals surface area (Å²) in [4.78, 5) is 0. The molecule has 0 aromatic heterocycles. The van der Waals surface area contributed by atoms with Gasteiger partial charge >= 0.3 is 0 Å². The fourth-order valence-electron chi connectivity index (χ4n) is 1.61. The van der Waals surface area contributed by atoms with E-state index in [9.17, 15) is 9.50 Å². The third kappa shape index (κ3) is 4.07. The van der Waals surface area contributed by atoms with Gasteiger partial charge in [-0.3, -0.25) is 0 Å². The van der Waals surface area contributed by atoms with Crippen molar-refractivity contribution in [3.8, 4) is 0 Å². The van der Waals surface area contributed by atoms with E-state index in [4.69, 9.17) is 27.9 Å². The van der Waals surface area contributed by atoms with E-state index >= 15 is 0 Å². The second kappa shape index (κ2) is 7.26. The van der Waals surface area contributed by atoms with E-state index in [0.717, 1.165) is 0 Å². The molecule has 0 unspecified atom stereocenters. The number of halogens is 3. The van der Waals surface area contributed by atoms with Crippen molar-refractivity contribution in [1.29, 1.82) is 0 Å². The Bertz CT molecular complexity index is 404. The Morgan fingerprint density at radius 2 is 2.11 bits per heavy atom. The van der Waals surface area contributed by atoms with Gasteiger partial charge in [0.15, 0.2) is 0 Å². The van der Waals surface area contributed by atoms with Crippen molar-refractivity contribution >= 4 is 23.2 Å². The monoisotopic (exact) mass is 295 g/mol. The largest absolute Gasteiger partial charge is 0.389 e. The minimum atomic E-state index is -0.636. The molecule has 0 heterocycles. The Hall–Kier alpha value is -0.390. The van der Waals surface area contributed by atoms with Gasteiger partial charge in [-0.25, -0.2) is 4.39 Å². The number of hydrogen-bond donors (Lipinski definition) is 2. The van der Waals surface area contributed by atoms with Gasteiger partial charge < -0.3 is 15.2 Å². The van der Waals surface area contributed by atoms with Crippen molar-refractivity contribution in [2.24, 2.45) is 0 Å². The first-order valence-corrected chi connectivity index (χ1v) is 6.26. The standard InChI is InChI=1S/C12H16Cl2FNO2/c1-7(16-5-8(17)6-18-2)11-9(13)3-4-10(15)12(11)14/h3-4,7-8,16-17H,5-6H2,1-2H3/t7-,8+/m1/s1. The normalized spacial score (nSPS) is 14.6. The number of rotatable bonds is 6. The van der Waals surface area contributed by atoms with Gasteiger partial charge in [-0.2, -0.15) is 0 Å². The molecule has 1 aromatic rings. The molecule has 2 atom stereocenters. The fourth-order valence-corrected chi connectivity index (χ4v) is 2.30. The van der Waals surface area contributed by atoms with E-state index in [1.54, 1.807) is 6.92 Å². The molecule has 18 heavy (non-hydrogen) atoms. The molecule has 0 aliphatic carbocycles. The van der Waals surface area contributed by atoms with Crippen LogP contribution in [0.25, 0.3) is 0 Å². The fraction of sp³-hybridized carbons (Fsp3) is 0.500. The highest BCUT2D eigenvalue weighted by Crippen LogP contribution is 2.32. The minimum absolute atomic E-state index is 0.00345. The SMILES string of the molecule is COC[C@@H](O)CN[C@H](C)c1c(Cl)ccc(F)c1Cl. The summed E-state index contributed by atoms with van der Waals surface area (Å²) in [5.41, 5.74) is 0.489. The second-order valence-corrected chi connectivity index (χ2v) is 4.78. The smallest absolute Gasteiger partial charge is 0.142 e. The third-order valence-electron chi connectivity index (χ3n) is 2.53. The maximum Gasteiger partial charge on any atom is 0.142 e. The number of aliphatic hydroxyl groups is 1. The molecule has 1 aromatic carbocycles. The Labute approximate surface area is 116 Å². The molecule has 1 rings (SSSR count). The Morgan fingerprint density at radius 3 is 2.72 bits per heavy atom. The molecule has 6 heteroatoms. The van der Waals surface area contributed by atoms with Crippen LogP contribution in [0.4, 0.5) is 4.39 Å². The van der Waals surface area contributed by atoms with E-state index in [1.165, 1.54) is 19.2 Å². The van der Waals surface area contributed by atoms with Crippen LogP contribution in [-0.4, -0.2) is 31.5 Å². The first kappa shape index (κ1) is 15.7. The average Bonchev–Trinajstić information content (AvgIpc) is 2.32. The van der Waals surface area contributed by atoms with Gasteiger partial charge in [0.1, 0.15) is 5.82 Å². The van der Waals surface area contributed by atoms with Crippen molar-refractivity contribution in [2.75, 3.05) is 20.3 Å². The number of methoxy groups -OCH3 is 1. The summed E-state index contributed by atoms with van der Waals surface area (Å²) >= 11 is 11.9. The maximum atomic E-state index is 13.4. The zero-order valence-electron chi connectivity index (χ0n) is 10.2. The van der Waals surface area contributed by atoms with Crippen LogP contribution in [0.5, 0.6) is 0 Å². The van der Waals surface area contributed by atoms with Crippen molar-refractivity contribution in [3.05, 3.63) is 33.6 Å². The molecule has 0 bridgehead atoms. The maximum absolute atomic E-state index is 13.4. The number of benzene rings is 1. The van der Waals surface area contributed by atoms with Crippen LogP contribution in [0.15, 0.2) is 12.1 Å². The van der Waals surface area contributed by atoms with E-state index in [1.807, 2.05) is 0 Å². The van der Waals surface area contributed by atoms with Crippen molar-refractivity contribution in [3.63, 3.8) is 0 Å². The summed E-state index contributed by atoms with van der Waals surface area (Å²) in [6.45, 7) is 2.33. The van der Waals surface area contributed by atoms with Crippen molar-refractivity contribution in [2.45, 2.75) is 19.1 Å².